The van der Waals surface area contributed by atoms with Gasteiger partial charge in [0.15, 0.2) is 0 Å². The van der Waals surface area contributed by atoms with Crippen LogP contribution in [-0.4, -0.2) is 17.8 Å². The van der Waals surface area contributed by atoms with Crippen molar-refractivity contribution in [3.63, 3.8) is 0 Å². The van der Waals surface area contributed by atoms with E-state index in [4.69, 9.17) is 10.5 Å². The maximum Gasteiger partial charge on any atom is 0.124 e. The first-order chi connectivity index (χ1) is 6.20. The number of aryl methyl sites for hydroxylation is 1. The van der Waals surface area contributed by atoms with Gasteiger partial charge in [-0.2, -0.15) is 0 Å². The molecule has 2 rings (SSSR count). The molecule has 3 nitrogen and oxygen atoms in total. The normalized spacial score (nSPS) is 26.4. The molecule has 0 fully saturated rings. The molecule has 13 heavy (non-hydrogen) atoms. The van der Waals surface area contributed by atoms with Crippen LogP contribution in [0.15, 0.2) is 18.2 Å². The second-order valence-corrected chi connectivity index (χ2v) is 3.39. The maximum atomic E-state index is 9.50. The first-order valence-electron chi connectivity index (χ1n) is 4.36. The number of hydrogen-bond donors (Lipinski definition) is 2. The van der Waals surface area contributed by atoms with E-state index in [0.717, 1.165) is 16.9 Å². The zero-order valence-corrected chi connectivity index (χ0v) is 7.53. The Morgan fingerprint density at radius 3 is 3.08 bits per heavy atom. The van der Waals surface area contributed by atoms with Gasteiger partial charge in [-0.25, -0.2) is 0 Å². The Morgan fingerprint density at radius 1 is 1.54 bits per heavy atom. The molecule has 0 spiro atoms. The van der Waals surface area contributed by atoms with Gasteiger partial charge in [-0.1, -0.05) is 12.1 Å². The van der Waals surface area contributed by atoms with Crippen LogP contribution < -0.4 is 10.5 Å². The summed E-state index contributed by atoms with van der Waals surface area (Å²) in [6.07, 6.45) is -0.589. The molecule has 0 saturated heterocycles. The van der Waals surface area contributed by atoms with Crippen molar-refractivity contribution in [3.8, 4) is 5.75 Å². The van der Waals surface area contributed by atoms with Gasteiger partial charge in [-0.3, -0.25) is 0 Å². The van der Waals surface area contributed by atoms with Gasteiger partial charge in [0.1, 0.15) is 18.5 Å². The number of fused-ring (bicyclic) bond motifs is 1. The molecule has 1 aromatic carbocycles. The van der Waals surface area contributed by atoms with Crippen molar-refractivity contribution in [2.24, 2.45) is 5.73 Å². The Hall–Kier alpha value is -1.06. The zero-order chi connectivity index (χ0) is 9.42. The Balaban J connectivity index is 2.51. The Labute approximate surface area is 77.1 Å². The summed E-state index contributed by atoms with van der Waals surface area (Å²) in [6.45, 7) is 2.26. The van der Waals surface area contributed by atoms with Gasteiger partial charge in [0.2, 0.25) is 0 Å². The quantitative estimate of drug-likeness (QED) is 0.618. The van der Waals surface area contributed by atoms with E-state index in [-0.39, 0.29) is 12.6 Å². The van der Waals surface area contributed by atoms with Gasteiger partial charge in [-0.05, 0) is 18.6 Å². The SMILES string of the molecule is Cc1cccc2c1[C@@H](N)[C@@H](O)CO2. The largest absolute Gasteiger partial charge is 0.490 e. The van der Waals surface area contributed by atoms with E-state index in [1.165, 1.54) is 0 Å². The van der Waals surface area contributed by atoms with Crippen LogP contribution in [0, 0.1) is 6.92 Å². The smallest absolute Gasteiger partial charge is 0.124 e. The van der Waals surface area contributed by atoms with Crippen LogP contribution in [0.2, 0.25) is 0 Å². The molecule has 1 aromatic rings. The predicted octanol–water partition coefficient (Wildman–Crippen LogP) is 0.748. The second kappa shape index (κ2) is 3.01. The number of benzene rings is 1. The fraction of sp³-hybridized carbons (Fsp3) is 0.400. The lowest BCUT2D eigenvalue weighted by molar-refractivity contribution is 0.0675. The van der Waals surface area contributed by atoms with Gasteiger partial charge >= 0.3 is 0 Å². The Morgan fingerprint density at radius 2 is 2.31 bits per heavy atom. The lowest BCUT2D eigenvalue weighted by atomic mass is 9.95. The molecule has 70 valence electrons. The lowest BCUT2D eigenvalue weighted by Crippen LogP contribution is -2.36. The molecule has 0 bridgehead atoms. The van der Waals surface area contributed by atoms with Crippen LogP contribution >= 0.6 is 0 Å². The molecule has 0 aromatic heterocycles. The topological polar surface area (TPSA) is 55.5 Å². The summed E-state index contributed by atoms with van der Waals surface area (Å²) in [7, 11) is 0. The fourth-order valence-corrected chi connectivity index (χ4v) is 1.68. The third-order valence-electron chi connectivity index (χ3n) is 2.44. The van der Waals surface area contributed by atoms with E-state index in [1.54, 1.807) is 0 Å². The molecule has 1 aliphatic heterocycles. The van der Waals surface area contributed by atoms with Crippen LogP contribution in [0.1, 0.15) is 17.2 Å². The lowest BCUT2D eigenvalue weighted by Gasteiger charge is -2.28. The Kier molecular flexibility index (Phi) is 1.98. The molecule has 1 heterocycles. The van der Waals surface area contributed by atoms with E-state index in [1.807, 2.05) is 25.1 Å². The molecule has 2 atom stereocenters. The molecular formula is C10H13NO2. The number of aliphatic hydroxyl groups is 1. The summed E-state index contributed by atoms with van der Waals surface area (Å²) >= 11 is 0. The summed E-state index contributed by atoms with van der Waals surface area (Å²) in [6, 6.07) is 5.47. The summed E-state index contributed by atoms with van der Waals surface area (Å²) < 4.78 is 5.36. The number of aliphatic hydroxyl groups excluding tert-OH is 1. The van der Waals surface area contributed by atoms with Gasteiger partial charge in [0.25, 0.3) is 0 Å². The van der Waals surface area contributed by atoms with Crippen molar-refractivity contribution < 1.29 is 9.84 Å². The zero-order valence-electron chi connectivity index (χ0n) is 7.53. The van der Waals surface area contributed by atoms with Crippen molar-refractivity contribution in [1.29, 1.82) is 0 Å². The van der Waals surface area contributed by atoms with Crippen molar-refractivity contribution in [3.05, 3.63) is 29.3 Å². The molecule has 3 heteroatoms. The molecule has 1 aliphatic rings. The molecule has 0 unspecified atom stereocenters. The highest BCUT2D eigenvalue weighted by atomic mass is 16.5. The van der Waals surface area contributed by atoms with Gasteiger partial charge in [-0.15, -0.1) is 0 Å². The highest BCUT2D eigenvalue weighted by Gasteiger charge is 2.27. The van der Waals surface area contributed by atoms with Crippen LogP contribution in [0.25, 0.3) is 0 Å². The maximum absolute atomic E-state index is 9.50. The number of hydrogen-bond acceptors (Lipinski definition) is 3. The number of ether oxygens (including phenoxy) is 1. The number of rotatable bonds is 0. The van der Waals surface area contributed by atoms with Gasteiger partial charge in [0, 0.05) is 5.56 Å². The third-order valence-corrected chi connectivity index (χ3v) is 2.44. The van der Waals surface area contributed by atoms with E-state index in [0.29, 0.717) is 0 Å². The minimum atomic E-state index is -0.589. The van der Waals surface area contributed by atoms with Crippen molar-refractivity contribution >= 4 is 0 Å². The molecule has 0 aliphatic carbocycles. The van der Waals surface area contributed by atoms with Crippen molar-refractivity contribution in [1.82, 2.24) is 0 Å². The highest BCUT2D eigenvalue weighted by molar-refractivity contribution is 5.43. The minimum absolute atomic E-state index is 0.289. The van der Waals surface area contributed by atoms with Crippen molar-refractivity contribution in [2.75, 3.05) is 6.61 Å². The molecule has 0 saturated carbocycles. The molecular weight excluding hydrogens is 166 g/mol. The Bertz CT molecular complexity index is 325. The second-order valence-electron chi connectivity index (χ2n) is 3.39. The van der Waals surface area contributed by atoms with E-state index >= 15 is 0 Å². The summed E-state index contributed by atoms with van der Waals surface area (Å²) in [5, 5.41) is 9.50. The van der Waals surface area contributed by atoms with E-state index < -0.39 is 6.10 Å². The van der Waals surface area contributed by atoms with E-state index in [2.05, 4.69) is 0 Å². The van der Waals surface area contributed by atoms with Crippen molar-refractivity contribution in [2.45, 2.75) is 19.1 Å². The standard InChI is InChI=1S/C10H13NO2/c1-6-3-2-4-8-9(6)10(11)7(12)5-13-8/h2-4,7,10,12H,5,11H2,1H3/t7-,10-/m0/s1. The average molecular weight is 179 g/mol. The summed E-state index contributed by atoms with van der Waals surface area (Å²) in [4.78, 5) is 0. The van der Waals surface area contributed by atoms with Crippen LogP contribution in [0.3, 0.4) is 0 Å². The molecule has 0 radical (unpaired) electrons. The molecule has 3 N–H and O–H groups in total. The average Bonchev–Trinajstić information content (AvgIpc) is 2.12. The number of nitrogens with two attached hydrogens (primary N) is 1. The van der Waals surface area contributed by atoms with Gasteiger partial charge in [0.05, 0.1) is 6.04 Å². The third kappa shape index (κ3) is 1.30. The predicted molar refractivity (Wildman–Crippen MR) is 49.6 cm³/mol. The summed E-state index contributed by atoms with van der Waals surface area (Å²) in [5.74, 6) is 0.804. The van der Waals surface area contributed by atoms with E-state index in [9.17, 15) is 5.11 Å². The fourth-order valence-electron chi connectivity index (χ4n) is 1.68. The summed E-state index contributed by atoms with van der Waals surface area (Å²) in [5.41, 5.74) is 7.87. The first-order valence-corrected chi connectivity index (χ1v) is 4.36. The van der Waals surface area contributed by atoms with Gasteiger partial charge < -0.3 is 15.6 Å². The molecule has 0 amide bonds. The van der Waals surface area contributed by atoms with Crippen LogP contribution in [0.5, 0.6) is 5.75 Å². The van der Waals surface area contributed by atoms with Crippen LogP contribution in [0.4, 0.5) is 0 Å². The highest BCUT2D eigenvalue weighted by Crippen LogP contribution is 2.32. The van der Waals surface area contributed by atoms with Crippen LogP contribution in [-0.2, 0) is 0 Å². The first kappa shape index (κ1) is 8.53. The minimum Gasteiger partial charge on any atom is -0.490 e. The monoisotopic (exact) mass is 179 g/mol.